The van der Waals surface area contributed by atoms with E-state index in [1.54, 1.807) is 0 Å². The fourth-order valence-corrected chi connectivity index (χ4v) is 9.58. The molecule has 0 unspecified atom stereocenters. The number of amides is 2. The van der Waals surface area contributed by atoms with Crippen LogP contribution >= 0.6 is 0 Å². The van der Waals surface area contributed by atoms with Gasteiger partial charge in [-0.1, -0.05) is 199 Å². The molecule has 1 aromatic heterocycles. The lowest BCUT2D eigenvalue weighted by atomic mass is 10.1. The van der Waals surface area contributed by atoms with Gasteiger partial charge in [-0.3, -0.25) is 14.5 Å². The number of carbonyl (C=O) groups is 2. The second-order valence-electron chi connectivity index (χ2n) is 21.9. The molecule has 0 atom stereocenters. The second kappa shape index (κ2) is 54.9. The summed E-state index contributed by atoms with van der Waals surface area (Å²) in [6.45, 7) is 16.4. The van der Waals surface area contributed by atoms with Crippen LogP contribution in [0.5, 0.6) is 17.2 Å². The predicted octanol–water partition coefficient (Wildman–Crippen LogP) is 13.8. The molecule has 0 bridgehead atoms. The maximum absolute atomic E-state index is 11.5. The first-order valence-corrected chi connectivity index (χ1v) is 33.1. The maximum Gasteiger partial charge on any atom is 0.253 e. The molecule has 2 amide bonds. The number of benzene rings is 1. The van der Waals surface area contributed by atoms with Gasteiger partial charge in [0, 0.05) is 12.2 Å². The Labute approximate surface area is 502 Å². The van der Waals surface area contributed by atoms with E-state index in [1.807, 2.05) is 10.9 Å². The number of aromatic nitrogens is 3. The number of unbranched alkanes of at least 4 members (excludes halogenated alkanes) is 27. The Bertz CT molecular complexity index is 1770. The number of carbonyl (C=O) groups excluding carboxylic acids is 2. The lowest BCUT2D eigenvalue weighted by molar-refractivity contribution is -0.137. The number of hydrogen-bond donors (Lipinski definition) is 0. The zero-order valence-corrected chi connectivity index (χ0v) is 52.5. The first-order chi connectivity index (χ1) is 41.0. The van der Waals surface area contributed by atoms with E-state index in [-0.39, 0.29) is 25.0 Å². The normalized spacial score (nSPS) is 12.4. The fourth-order valence-electron chi connectivity index (χ4n) is 9.58. The van der Waals surface area contributed by atoms with E-state index < -0.39 is 0 Å². The van der Waals surface area contributed by atoms with E-state index in [1.165, 1.54) is 186 Å². The second-order valence-corrected chi connectivity index (χ2v) is 21.9. The molecule has 0 radical (unpaired) electrons. The summed E-state index contributed by atoms with van der Waals surface area (Å²) >= 11 is 0. The van der Waals surface area contributed by atoms with Crippen LogP contribution in [-0.4, -0.2) is 157 Å². The zero-order valence-electron chi connectivity index (χ0n) is 52.5. The van der Waals surface area contributed by atoms with Crippen molar-refractivity contribution in [3.05, 3.63) is 41.7 Å². The van der Waals surface area contributed by atoms with Crippen LogP contribution in [0.25, 0.3) is 0 Å². The third-order valence-corrected chi connectivity index (χ3v) is 14.5. The average Bonchev–Trinajstić information content (AvgIpc) is 4.15. The van der Waals surface area contributed by atoms with Crippen molar-refractivity contribution < 1.29 is 61.7 Å². The molecule has 0 fully saturated rings. The van der Waals surface area contributed by atoms with Gasteiger partial charge in [0.25, 0.3) is 11.8 Å². The molecular formula is C66H116N4O13. The highest BCUT2D eigenvalue weighted by Crippen LogP contribution is 2.40. The Kier molecular flexibility index (Phi) is 48.7. The summed E-state index contributed by atoms with van der Waals surface area (Å²) < 4.78 is 66.6. The molecule has 0 spiro atoms. The Hall–Kier alpha value is -3.68. The van der Waals surface area contributed by atoms with Crippen molar-refractivity contribution in [3.63, 3.8) is 0 Å². The number of hydrogen-bond acceptors (Lipinski definition) is 15. The number of nitrogens with zero attached hydrogens (tertiary/aromatic N) is 4. The van der Waals surface area contributed by atoms with Crippen molar-refractivity contribution in [1.29, 1.82) is 0 Å². The first kappa shape index (κ1) is 73.6. The van der Waals surface area contributed by atoms with Gasteiger partial charge in [-0.05, 0) is 37.0 Å². The highest BCUT2D eigenvalue weighted by Gasteiger charge is 2.22. The van der Waals surface area contributed by atoms with Gasteiger partial charge in [-0.15, -0.1) is 5.10 Å². The summed E-state index contributed by atoms with van der Waals surface area (Å²) in [5.74, 6) is 1.65. The van der Waals surface area contributed by atoms with Crippen molar-refractivity contribution in [3.8, 4) is 17.2 Å². The van der Waals surface area contributed by atoms with Gasteiger partial charge in [0.1, 0.15) is 5.69 Å². The Morgan fingerprint density at radius 1 is 0.361 bits per heavy atom. The maximum atomic E-state index is 11.5. The summed E-state index contributed by atoms with van der Waals surface area (Å²) in [7, 11) is 0. The fraction of sp³-hybridized carbons (Fsp3) is 0.818. The van der Waals surface area contributed by atoms with Crippen LogP contribution in [0, 0.1) is 0 Å². The summed E-state index contributed by atoms with van der Waals surface area (Å²) in [6, 6.07) is 4.24. The molecule has 17 nitrogen and oxygen atoms in total. The first-order valence-electron chi connectivity index (χ1n) is 33.1. The van der Waals surface area contributed by atoms with E-state index in [9.17, 15) is 9.59 Å². The van der Waals surface area contributed by atoms with E-state index in [0.717, 1.165) is 52.7 Å². The van der Waals surface area contributed by atoms with E-state index in [2.05, 4.69) is 43.2 Å². The Balaban J connectivity index is 1.34. The molecular weight excluding hydrogens is 1060 g/mol. The van der Waals surface area contributed by atoms with Crippen molar-refractivity contribution in [2.45, 2.75) is 227 Å². The Morgan fingerprint density at radius 3 is 1.04 bits per heavy atom. The molecule has 478 valence electrons. The lowest BCUT2D eigenvalue weighted by Gasteiger charge is -2.19. The Morgan fingerprint density at radius 2 is 0.675 bits per heavy atom. The number of rotatable bonds is 64. The molecule has 0 saturated heterocycles. The molecule has 0 N–H and O–H groups in total. The van der Waals surface area contributed by atoms with E-state index in [0.29, 0.717) is 125 Å². The van der Waals surface area contributed by atoms with E-state index >= 15 is 0 Å². The molecule has 2 aromatic rings. The smallest absolute Gasteiger partial charge is 0.253 e. The van der Waals surface area contributed by atoms with Gasteiger partial charge >= 0.3 is 0 Å². The molecule has 1 aromatic carbocycles. The third kappa shape index (κ3) is 41.1. The summed E-state index contributed by atoms with van der Waals surface area (Å²) in [6.07, 6.45) is 42.9. The zero-order chi connectivity index (χ0) is 59.0. The molecule has 0 saturated carbocycles. The van der Waals surface area contributed by atoms with Crippen LogP contribution in [0.4, 0.5) is 0 Å². The molecule has 3 rings (SSSR count). The molecule has 2 heterocycles. The molecule has 83 heavy (non-hydrogen) atoms. The molecule has 17 heteroatoms. The van der Waals surface area contributed by atoms with Crippen LogP contribution in [0.1, 0.15) is 225 Å². The topological polar surface area (TPSA) is 170 Å². The average molecular weight is 1170 g/mol. The number of imide groups is 1. The molecule has 1 aliphatic heterocycles. The minimum Gasteiger partial charge on any atom is -0.490 e. The minimum atomic E-state index is -0.306. The van der Waals surface area contributed by atoms with Crippen molar-refractivity contribution in [1.82, 2.24) is 19.9 Å². The summed E-state index contributed by atoms with van der Waals surface area (Å²) in [5.41, 5.74) is 1.79. The van der Waals surface area contributed by atoms with Crippen molar-refractivity contribution >= 4 is 11.8 Å². The SMILES string of the molecule is CCCCCCCCCCCCOc1cc(Cn2cc(COCCOCCOCCOCCOCCOCCOCCOCCN3C(=O)C=CC3=O)nn2)cc(OCCCCCCCCCCCC)c1OCCCCCCCCCCCC. The van der Waals surface area contributed by atoms with Crippen LogP contribution in [0.15, 0.2) is 30.5 Å². The number of ether oxygens (including phenoxy) is 11. The largest absolute Gasteiger partial charge is 0.490 e. The lowest BCUT2D eigenvalue weighted by Crippen LogP contribution is -2.33. The van der Waals surface area contributed by atoms with Crippen LogP contribution in [0.3, 0.4) is 0 Å². The summed E-state index contributed by atoms with van der Waals surface area (Å²) in [5, 5.41) is 8.89. The van der Waals surface area contributed by atoms with Crippen LogP contribution in [0.2, 0.25) is 0 Å². The van der Waals surface area contributed by atoms with Crippen LogP contribution < -0.4 is 14.2 Å². The van der Waals surface area contributed by atoms with E-state index in [4.69, 9.17) is 52.1 Å². The highest BCUT2D eigenvalue weighted by molar-refractivity contribution is 6.12. The van der Waals surface area contributed by atoms with Gasteiger partial charge in [0.15, 0.2) is 11.5 Å². The van der Waals surface area contributed by atoms with Crippen molar-refractivity contribution in [2.75, 3.05) is 125 Å². The van der Waals surface area contributed by atoms with Gasteiger partial charge in [0.2, 0.25) is 5.75 Å². The highest BCUT2D eigenvalue weighted by atomic mass is 16.6. The standard InChI is InChI=1S/C66H116N4O13/c1-4-7-10-13-16-19-22-25-28-31-37-81-62-55-60(56-63(82-38-32-29-26-23-20-17-14-11-8-5-2)66(62)83-39-33-30-27-24-21-18-15-12-9-6-3)57-69-58-61(67-68-69)59-80-54-53-79-52-51-78-50-49-77-48-47-76-46-45-75-44-43-74-42-41-73-40-36-70-64(71)34-35-65(70)72/h34-35,55-56,58H,4-33,36-54,57,59H2,1-3H3. The molecule has 0 aliphatic carbocycles. The molecule has 1 aliphatic rings. The van der Waals surface area contributed by atoms with Gasteiger partial charge in [0.05, 0.1) is 145 Å². The van der Waals surface area contributed by atoms with Crippen LogP contribution in [-0.2, 0) is 60.6 Å². The quantitative estimate of drug-likeness (QED) is 0.0452. The minimum absolute atomic E-state index is 0.235. The predicted molar refractivity (Wildman–Crippen MR) is 329 cm³/mol. The van der Waals surface area contributed by atoms with Gasteiger partial charge in [-0.25, -0.2) is 4.68 Å². The monoisotopic (exact) mass is 1170 g/mol. The third-order valence-electron chi connectivity index (χ3n) is 14.5. The summed E-state index contributed by atoms with van der Waals surface area (Å²) in [4.78, 5) is 24.2. The van der Waals surface area contributed by atoms with Gasteiger partial charge < -0.3 is 52.1 Å². The van der Waals surface area contributed by atoms with Gasteiger partial charge in [-0.2, -0.15) is 0 Å². The van der Waals surface area contributed by atoms with Crippen molar-refractivity contribution in [2.24, 2.45) is 0 Å².